The molecule has 0 aliphatic heterocycles. The summed E-state index contributed by atoms with van der Waals surface area (Å²) in [4.78, 5) is 14.4. The molecular formula is C16H23FN2O. The SMILES string of the molecule is CCCN(C(=O)c1ccccc1F)C1CCC(N)CC1. The summed E-state index contributed by atoms with van der Waals surface area (Å²) in [5, 5.41) is 0. The van der Waals surface area contributed by atoms with Gasteiger partial charge in [-0.1, -0.05) is 19.1 Å². The van der Waals surface area contributed by atoms with Crippen LogP contribution in [-0.4, -0.2) is 29.4 Å². The van der Waals surface area contributed by atoms with Gasteiger partial charge in [0.05, 0.1) is 5.56 Å². The van der Waals surface area contributed by atoms with Crippen molar-refractivity contribution in [3.05, 3.63) is 35.6 Å². The summed E-state index contributed by atoms with van der Waals surface area (Å²) in [7, 11) is 0. The Balaban J connectivity index is 2.16. The third kappa shape index (κ3) is 3.37. The maximum atomic E-state index is 13.8. The van der Waals surface area contributed by atoms with E-state index in [9.17, 15) is 9.18 Å². The van der Waals surface area contributed by atoms with Gasteiger partial charge < -0.3 is 10.6 Å². The summed E-state index contributed by atoms with van der Waals surface area (Å²) in [6.07, 6.45) is 4.59. The number of hydrogen-bond acceptors (Lipinski definition) is 2. The first-order chi connectivity index (χ1) is 9.63. The van der Waals surface area contributed by atoms with Gasteiger partial charge in [-0.3, -0.25) is 4.79 Å². The molecule has 3 nitrogen and oxygen atoms in total. The largest absolute Gasteiger partial charge is 0.336 e. The molecule has 0 atom stereocenters. The number of benzene rings is 1. The predicted octanol–water partition coefficient (Wildman–Crippen LogP) is 2.95. The Bertz CT molecular complexity index is 456. The zero-order valence-corrected chi connectivity index (χ0v) is 12.0. The van der Waals surface area contributed by atoms with Crippen LogP contribution in [0, 0.1) is 5.82 Å². The van der Waals surface area contributed by atoms with Crippen molar-refractivity contribution < 1.29 is 9.18 Å². The summed E-state index contributed by atoms with van der Waals surface area (Å²) in [5.41, 5.74) is 6.10. The quantitative estimate of drug-likeness (QED) is 0.920. The van der Waals surface area contributed by atoms with Crippen molar-refractivity contribution in [3.63, 3.8) is 0 Å². The van der Waals surface area contributed by atoms with Crippen LogP contribution < -0.4 is 5.73 Å². The van der Waals surface area contributed by atoms with Gasteiger partial charge in [0.15, 0.2) is 0 Å². The molecule has 0 radical (unpaired) electrons. The Morgan fingerprint density at radius 3 is 2.55 bits per heavy atom. The normalized spacial score (nSPS) is 22.6. The lowest BCUT2D eigenvalue weighted by Crippen LogP contribution is -2.44. The fraction of sp³-hybridized carbons (Fsp3) is 0.562. The number of rotatable bonds is 4. The summed E-state index contributed by atoms with van der Waals surface area (Å²) in [6, 6.07) is 6.66. The summed E-state index contributed by atoms with van der Waals surface area (Å²) >= 11 is 0. The minimum Gasteiger partial charge on any atom is -0.336 e. The van der Waals surface area contributed by atoms with Crippen LogP contribution in [-0.2, 0) is 0 Å². The van der Waals surface area contributed by atoms with E-state index in [0.717, 1.165) is 32.1 Å². The van der Waals surface area contributed by atoms with Crippen molar-refractivity contribution >= 4 is 5.91 Å². The van der Waals surface area contributed by atoms with Gasteiger partial charge in [-0.15, -0.1) is 0 Å². The van der Waals surface area contributed by atoms with E-state index in [2.05, 4.69) is 0 Å². The van der Waals surface area contributed by atoms with Gasteiger partial charge in [0.1, 0.15) is 5.82 Å². The number of halogens is 1. The molecule has 1 fully saturated rings. The fourth-order valence-corrected chi connectivity index (χ4v) is 2.89. The van der Waals surface area contributed by atoms with E-state index in [1.165, 1.54) is 6.07 Å². The minimum atomic E-state index is -0.439. The van der Waals surface area contributed by atoms with Crippen LogP contribution in [0.2, 0.25) is 0 Å². The van der Waals surface area contributed by atoms with Gasteiger partial charge in [-0.05, 0) is 44.2 Å². The van der Waals surface area contributed by atoms with Gasteiger partial charge in [-0.25, -0.2) is 4.39 Å². The van der Waals surface area contributed by atoms with Crippen molar-refractivity contribution in [1.29, 1.82) is 0 Å². The number of nitrogens with zero attached hydrogens (tertiary/aromatic N) is 1. The van der Waals surface area contributed by atoms with Gasteiger partial charge in [0.2, 0.25) is 0 Å². The van der Waals surface area contributed by atoms with Gasteiger partial charge in [0.25, 0.3) is 5.91 Å². The highest BCUT2D eigenvalue weighted by molar-refractivity contribution is 5.94. The molecule has 0 heterocycles. The topological polar surface area (TPSA) is 46.3 Å². The molecule has 0 unspecified atom stereocenters. The van der Waals surface area contributed by atoms with Crippen LogP contribution in [0.25, 0.3) is 0 Å². The smallest absolute Gasteiger partial charge is 0.257 e. The Hall–Kier alpha value is -1.42. The molecule has 4 heteroatoms. The van der Waals surface area contributed by atoms with Crippen molar-refractivity contribution in [3.8, 4) is 0 Å². The molecule has 0 aromatic heterocycles. The molecule has 1 saturated carbocycles. The van der Waals surface area contributed by atoms with Crippen molar-refractivity contribution in [2.45, 2.75) is 51.1 Å². The predicted molar refractivity (Wildman–Crippen MR) is 78.0 cm³/mol. The Morgan fingerprint density at radius 2 is 1.95 bits per heavy atom. The molecule has 1 aromatic carbocycles. The molecule has 1 amide bonds. The zero-order valence-electron chi connectivity index (χ0n) is 12.0. The number of nitrogens with two attached hydrogens (primary N) is 1. The average Bonchev–Trinajstić information content (AvgIpc) is 2.46. The molecule has 0 bridgehead atoms. The first kappa shape index (κ1) is 15.0. The molecule has 20 heavy (non-hydrogen) atoms. The van der Waals surface area contributed by atoms with Crippen LogP contribution in [0.5, 0.6) is 0 Å². The third-order valence-electron chi connectivity index (χ3n) is 4.01. The maximum Gasteiger partial charge on any atom is 0.257 e. The number of carbonyl (C=O) groups is 1. The molecule has 0 saturated heterocycles. The molecule has 110 valence electrons. The highest BCUT2D eigenvalue weighted by atomic mass is 19.1. The van der Waals surface area contributed by atoms with Gasteiger partial charge in [0, 0.05) is 18.6 Å². The van der Waals surface area contributed by atoms with Crippen LogP contribution in [0.4, 0.5) is 4.39 Å². The second-order valence-electron chi connectivity index (χ2n) is 5.55. The third-order valence-corrected chi connectivity index (χ3v) is 4.01. The molecular weight excluding hydrogens is 255 g/mol. The lowest BCUT2D eigenvalue weighted by molar-refractivity contribution is 0.0622. The summed E-state index contributed by atoms with van der Waals surface area (Å²) in [6.45, 7) is 2.71. The van der Waals surface area contributed by atoms with Crippen molar-refractivity contribution in [2.75, 3.05) is 6.54 Å². The Kier molecular flexibility index (Phi) is 5.12. The second kappa shape index (κ2) is 6.84. The van der Waals surface area contributed by atoms with E-state index >= 15 is 0 Å². The average molecular weight is 278 g/mol. The highest BCUT2D eigenvalue weighted by Crippen LogP contribution is 2.24. The molecule has 2 N–H and O–H groups in total. The summed E-state index contributed by atoms with van der Waals surface area (Å²) < 4.78 is 13.8. The molecule has 0 spiro atoms. The van der Waals surface area contributed by atoms with E-state index < -0.39 is 5.82 Å². The Morgan fingerprint density at radius 1 is 1.30 bits per heavy atom. The van der Waals surface area contributed by atoms with Crippen LogP contribution >= 0.6 is 0 Å². The lowest BCUT2D eigenvalue weighted by atomic mass is 9.90. The minimum absolute atomic E-state index is 0.177. The zero-order chi connectivity index (χ0) is 14.5. The van der Waals surface area contributed by atoms with Gasteiger partial charge >= 0.3 is 0 Å². The first-order valence-corrected chi connectivity index (χ1v) is 7.44. The van der Waals surface area contributed by atoms with E-state index in [1.807, 2.05) is 11.8 Å². The van der Waals surface area contributed by atoms with E-state index in [-0.39, 0.29) is 23.6 Å². The molecule has 1 aliphatic rings. The number of hydrogen-bond donors (Lipinski definition) is 1. The van der Waals surface area contributed by atoms with Crippen molar-refractivity contribution in [2.24, 2.45) is 5.73 Å². The van der Waals surface area contributed by atoms with Crippen LogP contribution in [0.3, 0.4) is 0 Å². The first-order valence-electron chi connectivity index (χ1n) is 7.44. The highest BCUT2D eigenvalue weighted by Gasteiger charge is 2.28. The summed E-state index contributed by atoms with van der Waals surface area (Å²) in [5.74, 6) is -0.628. The maximum absolute atomic E-state index is 13.8. The fourth-order valence-electron chi connectivity index (χ4n) is 2.89. The monoisotopic (exact) mass is 278 g/mol. The van der Waals surface area contributed by atoms with Crippen molar-refractivity contribution in [1.82, 2.24) is 4.90 Å². The van der Waals surface area contributed by atoms with E-state index in [4.69, 9.17) is 5.73 Å². The lowest BCUT2D eigenvalue weighted by Gasteiger charge is -2.36. The van der Waals surface area contributed by atoms with E-state index in [1.54, 1.807) is 18.2 Å². The number of amides is 1. The van der Waals surface area contributed by atoms with Gasteiger partial charge in [-0.2, -0.15) is 0 Å². The van der Waals surface area contributed by atoms with Crippen LogP contribution in [0.15, 0.2) is 24.3 Å². The standard InChI is InChI=1S/C16H23FN2O/c1-2-11-19(13-9-7-12(18)8-10-13)16(20)14-5-3-4-6-15(14)17/h3-6,12-13H,2,7-11,18H2,1H3. The van der Waals surface area contributed by atoms with Crippen LogP contribution in [0.1, 0.15) is 49.4 Å². The van der Waals surface area contributed by atoms with E-state index in [0.29, 0.717) is 6.54 Å². The second-order valence-corrected chi connectivity index (χ2v) is 5.55. The molecule has 2 rings (SSSR count). The number of carbonyl (C=O) groups excluding carboxylic acids is 1. The Labute approximate surface area is 120 Å². The molecule has 1 aromatic rings. The molecule has 1 aliphatic carbocycles.